The Labute approximate surface area is 185 Å². The van der Waals surface area contributed by atoms with Crippen molar-refractivity contribution in [1.29, 1.82) is 0 Å². The van der Waals surface area contributed by atoms with Crippen molar-refractivity contribution in [2.24, 2.45) is 5.92 Å². The highest BCUT2D eigenvalue weighted by atomic mass is 79.9. The third kappa shape index (κ3) is 11.9. The van der Waals surface area contributed by atoms with Gasteiger partial charge < -0.3 is 19.5 Å². The van der Waals surface area contributed by atoms with E-state index in [0.717, 1.165) is 12.2 Å². The molecule has 8 nitrogen and oxygen atoms in total. The fourth-order valence-electron chi connectivity index (χ4n) is 2.47. The van der Waals surface area contributed by atoms with Crippen molar-refractivity contribution < 1.29 is 28.6 Å². The summed E-state index contributed by atoms with van der Waals surface area (Å²) >= 11 is 4.65. The fourth-order valence-corrected chi connectivity index (χ4v) is 4.09. The maximum Gasteiger partial charge on any atom is 0.242 e. The van der Waals surface area contributed by atoms with Crippen LogP contribution in [-0.2, 0) is 28.6 Å². The SMILES string of the molecule is CC(C)CCSC1CC(=O)N(CCOCCOCCOCCNC(=O)CBr)C1=O. The Morgan fingerprint density at radius 1 is 1.14 bits per heavy atom. The van der Waals surface area contributed by atoms with Crippen LogP contribution in [0.1, 0.15) is 26.7 Å². The summed E-state index contributed by atoms with van der Waals surface area (Å²) in [5.74, 6) is 1.23. The lowest BCUT2D eigenvalue weighted by Gasteiger charge is -2.15. The number of halogens is 1. The molecule has 1 heterocycles. The molecule has 1 rings (SSSR count). The topological polar surface area (TPSA) is 94.2 Å². The lowest BCUT2D eigenvalue weighted by atomic mass is 10.2. The van der Waals surface area contributed by atoms with E-state index in [9.17, 15) is 14.4 Å². The monoisotopic (exact) mass is 496 g/mol. The predicted molar refractivity (Wildman–Crippen MR) is 116 cm³/mol. The van der Waals surface area contributed by atoms with Gasteiger partial charge in [0.2, 0.25) is 17.7 Å². The lowest BCUT2D eigenvalue weighted by molar-refractivity contribution is -0.139. The van der Waals surface area contributed by atoms with Crippen molar-refractivity contribution in [3.8, 4) is 0 Å². The van der Waals surface area contributed by atoms with Gasteiger partial charge in [0.25, 0.3) is 0 Å². The summed E-state index contributed by atoms with van der Waals surface area (Å²) in [6.07, 6.45) is 1.34. The Morgan fingerprint density at radius 3 is 2.38 bits per heavy atom. The minimum atomic E-state index is -0.239. The third-order valence-electron chi connectivity index (χ3n) is 4.11. The van der Waals surface area contributed by atoms with E-state index in [0.29, 0.717) is 65.1 Å². The number of carbonyl (C=O) groups is 3. The largest absolute Gasteiger partial charge is 0.377 e. The standard InChI is InChI=1S/C19H33BrN2O6S/c1-15(2)3-12-29-16-13-18(24)22(19(16)25)5-7-27-9-11-28-10-8-26-6-4-21-17(23)14-20/h15-16H,3-14H2,1-2H3,(H,21,23). The highest BCUT2D eigenvalue weighted by Crippen LogP contribution is 2.26. The van der Waals surface area contributed by atoms with Gasteiger partial charge in [-0.25, -0.2) is 0 Å². The number of imide groups is 1. The van der Waals surface area contributed by atoms with Crippen LogP contribution in [0.5, 0.6) is 0 Å². The number of likely N-dealkylation sites (tertiary alicyclic amines) is 1. The van der Waals surface area contributed by atoms with Crippen LogP contribution in [0, 0.1) is 5.92 Å². The Morgan fingerprint density at radius 2 is 1.76 bits per heavy atom. The van der Waals surface area contributed by atoms with Crippen molar-refractivity contribution in [2.75, 3.05) is 63.8 Å². The highest BCUT2D eigenvalue weighted by molar-refractivity contribution is 9.09. The molecule has 1 aliphatic rings. The van der Waals surface area contributed by atoms with E-state index in [-0.39, 0.29) is 28.3 Å². The second-order valence-corrected chi connectivity index (χ2v) is 8.82. The van der Waals surface area contributed by atoms with E-state index in [4.69, 9.17) is 14.2 Å². The first-order valence-electron chi connectivity index (χ1n) is 9.97. The lowest BCUT2D eigenvalue weighted by Crippen LogP contribution is -2.34. The number of rotatable bonds is 17. The second-order valence-electron chi connectivity index (χ2n) is 6.95. The van der Waals surface area contributed by atoms with Gasteiger partial charge in [-0.1, -0.05) is 29.8 Å². The molecule has 0 aliphatic carbocycles. The summed E-state index contributed by atoms with van der Waals surface area (Å²) in [5, 5.41) is 2.73. The van der Waals surface area contributed by atoms with Crippen LogP contribution in [0.15, 0.2) is 0 Å². The fraction of sp³-hybridized carbons (Fsp3) is 0.842. The van der Waals surface area contributed by atoms with E-state index in [2.05, 4.69) is 35.1 Å². The van der Waals surface area contributed by atoms with Crippen molar-refractivity contribution in [2.45, 2.75) is 31.9 Å². The number of hydrogen-bond acceptors (Lipinski definition) is 7. The van der Waals surface area contributed by atoms with Crippen LogP contribution < -0.4 is 5.32 Å². The van der Waals surface area contributed by atoms with E-state index >= 15 is 0 Å². The average molecular weight is 497 g/mol. The molecule has 3 amide bonds. The maximum atomic E-state index is 12.3. The quantitative estimate of drug-likeness (QED) is 0.185. The normalized spacial score (nSPS) is 16.8. The number of alkyl halides is 1. The molecule has 1 aliphatic heterocycles. The van der Waals surface area contributed by atoms with Crippen LogP contribution in [-0.4, -0.2) is 91.7 Å². The molecule has 0 spiro atoms. The maximum absolute atomic E-state index is 12.3. The molecule has 1 atom stereocenters. The van der Waals surface area contributed by atoms with Crippen LogP contribution in [0.3, 0.4) is 0 Å². The number of ether oxygens (including phenoxy) is 3. The zero-order valence-electron chi connectivity index (χ0n) is 17.3. The zero-order chi connectivity index (χ0) is 21.5. The van der Waals surface area contributed by atoms with Crippen molar-refractivity contribution in [3.05, 3.63) is 0 Å². The molecule has 1 N–H and O–H groups in total. The van der Waals surface area contributed by atoms with Crippen LogP contribution >= 0.6 is 27.7 Å². The molecule has 10 heteroatoms. The van der Waals surface area contributed by atoms with Crippen molar-refractivity contribution in [3.63, 3.8) is 0 Å². The number of hydrogen-bond donors (Lipinski definition) is 1. The number of thioether (sulfide) groups is 1. The van der Waals surface area contributed by atoms with Crippen LogP contribution in [0.2, 0.25) is 0 Å². The molecular weight excluding hydrogens is 464 g/mol. The van der Waals surface area contributed by atoms with Gasteiger partial charge in [0.15, 0.2) is 0 Å². The predicted octanol–water partition coefficient (Wildman–Crippen LogP) is 1.45. The van der Waals surface area contributed by atoms with E-state index in [1.165, 1.54) is 4.90 Å². The average Bonchev–Trinajstić information content (AvgIpc) is 2.95. The van der Waals surface area contributed by atoms with Gasteiger partial charge >= 0.3 is 0 Å². The summed E-state index contributed by atoms with van der Waals surface area (Å²) in [4.78, 5) is 36.7. The summed E-state index contributed by atoms with van der Waals surface area (Å²) in [5.41, 5.74) is 0. The highest BCUT2D eigenvalue weighted by Gasteiger charge is 2.38. The van der Waals surface area contributed by atoms with Crippen molar-refractivity contribution >= 4 is 45.4 Å². The Kier molecular flexibility index (Phi) is 14.6. The van der Waals surface area contributed by atoms with E-state index in [1.807, 2.05) is 0 Å². The number of nitrogens with one attached hydrogen (secondary N) is 1. The van der Waals surface area contributed by atoms with E-state index < -0.39 is 0 Å². The first-order chi connectivity index (χ1) is 14.0. The molecule has 0 bridgehead atoms. The molecule has 0 radical (unpaired) electrons. The molecule has 1 unspecified atom stereocenters. The minimum Gasteiger partial charge on any atom is -0.377 e. The molecule has 0 saturated carbocycles. The van der Waals surface area contributed by atoms with Crippen LogP contribution in [0.25, 0.3) is 0 Å². The Balaban J connectivity index is 1.97. The minimum absolute atomic E-state index is 0.0697. The molecule has 0 aromatic heterocycles. The molecule has 0 aromatic rings. The summed E-state index contributed by atoms with van der Waals surface area (Å²) in [6.45, 7) is 7.50. The summed E-state index contributed by atoms with van der Waals surface area (Å²) in [7, 11) is 0. The molecule has 0 aromatic carbocycles. The van der Waals surface area contributed by atoms with Gasteiger partial charge in [-0.3, -0.25) is 19.3 Å². The van der Waals surface area contributed by atoms with Gasteiger partial charge in [0, 0.05) is 13.0 Å². The molecule has 1 saturated heterocycles. The third-order valence-corrected chi connectivity index (χ3v) is 5.86. The molecule has 29 heavy (non-hydrogen) atoms. The van der Waals surface area contributed by atoms with Crippen LogP contribution in [0.4, 0.5) is 0 Å². The van der Waals surface area contributed by atoms with E-state index in [1.54, 1.807) is 11.8 Å². The van der Waals surface area contributed by atoms with Gasteiger partial charge in [0.1, 0.15) is 0 Å². The van der Waals surface area contributed by atoms with Gasteiger partial charge in [0.05, 0.1) is 56.8 Å². The Hall–Kier alpha value is -0.680. The number of nitrogens with zero attached hydrogens (tertiary/aromatic N) is 1. The Bertz CT molecular complexity index is 509. The number of amides is 3. The second kappa shape index (κ2) is 16.1. The summed E-state index contributed by atoms with van der Waals surface area (Å²) in [6, 6.07) is 0. The zero-order valence-corrected chi connectivity index (χ0v) is 19.7. The molecule has 168 valence electrons. The van der Waals surface area contributed by atoms with Gasteiger partial charge in [-0.2, -0.15) is 0 Å². The molecular formula is C19H33BrN2O6S. The number of carbonyl (C=O) groups excluding carboxylic acids is 3. The first kappa shape index (κ1) is 26.4. The first-order valence-corrected chi connectivity index (χ1v) is 12.1. The van der Waals surface area contributed by atoms with Gasteiger partial charge in [-0.05, 0) is 18.1 Å². The molecule has 1 fully saturated rings. The smallest absolute Gasteiger partial charge is 0.242 e. The summed E-state index contributed by atoms with van der Waals surface area (Å²) < 4.78 is 16.2. The van der Waals surface area contributed by atoms with Crippen molar-refractivity contribution in [1.82, 2.24) is 10.2 Å². The van der Waals surface area contributed by atoms with Gasteiger partial charge in [-0.15, -0.1) is 11.8 Å².